The summed E-state index contributed by atoms with van der Waals surface area (Å²) >= 11 is 0. The van der Waals surface area contributed by atoms with E-state index in [4.69, 9.17) is 0 Å². The lowest BCUT2D eigenvalue weighted by Crippen LogP contribution is -2.39. The summed E-state index contributed by atoms with van der Waals surface area (Å²) in [6, 6.07) is 9.36. The second-order valence-corrected chi connectivity index (χ2v) is 5.31. The van der Waals surface area contributed by atoms with Crippen LogP contribution in [0.5, 0.6) is 5.75 Å². The predicted molar refractivity (Wildman–Crippen MR) is 64.7 cm³/mol. The fourth-order valence-corrected chi connectivity index (χ4v) is 3.46. The van der Waals surface area contributed by atoms with Crippen LogP contribution in [0.1, 0.15) is 37.2 Å². The van der Waals surface area contributed by atoms with Crippen molar-refractivity contribution in [1.82, 2.24) is 4.90 Å². The van der Waals surface area contributed by atoms with Gasteiger partial charge in [0.05, 0.1) is 0 Å². The summed E-state index contributed by atoms with van der Waals surface area (Å²) in [5, 5.41) is 9.53. The number of benzene rings is 1. The molecule has 2 fully saturated rings. The molecule has 0 aromatic heterocycles. The summed E-state index contributed by atoms with van der Waals surface area (Å²) < 4.78 is 0. The van der Waals surface area contributed by atoms with Crippen molar-refractivity contribution in [3.8, 4) is 5.75 Å². The molecular formula is C14H19NO. The lowest BCUT2D eigenvalue weighted by molar-refractivity contribution is 0.161. The van der Waals surface area contributed by atoms with E-state index in [0.29, 0.717) is 11.7 Å². The highest BCUT2D eigenvalue weighted by atomic mass is 16.3. The van der Waals surface area contributed by atoms with E-state index in [0.717, 1.165) is 12.1 Å². The summed E-state index contributed by atoms with van der Waals surface area (Å²) in [5.74, 6) is 1.06. The van der Waals surface area contributed by atoms with Crippen molar-refractivity contribution < 1.29 is 5.11 Å². The Kier molecular flexibility index (Phi) is 2.40. The lowest BCUT2D eigenvalue weighted by atomic mass is 9.85. The highest BCUT2D eigenvalue weighted by Gasteiger charge is 2.38. The summed E-state index contributed by atoms with van der Waals surface area (Å²) in [5.41, 5.74) is 1.32. The first-order chi connectivity index (χ1) is 7.74. The minimum atomic E-state index is 0.406. The van der Waals surface area contributed by atoms with E-state index in [1.165, 1.54) is 31.2 Å². The van der Waals surface area contributed by atoms with E-state index in [1.54, 1.807) is 6.07 Å². The monoisotopic (exact) mass is 217 g/mol. The average Bonchev–Trinajstić information content (AvgIpc) is 2.53. The molecule has 2 heteroatoms. The van der Waals surface area contributed by atoms with Gasteiger partial charge in [-0.1, -0.05) is 12.1 Å². The summed E-state index contributed by atoms with van der Waals surface area (Å²) in [6.45, 7) is 0. The molecule has 2 nitrogen and oxygen atoms in total. The van der Waals surface area contributed by atoms with Gasteiger partial charge in [-0.15, -0.1) is 0 Å². The molecule has 0 spiro atoms. The van der Waals surface area contributed by atoms with Crippen LogP contribution in [-0.2, 0) is 0 Å². The van der Waals surface area contributed by atoms with E-state index < -0.39 is 0 Å². The Hall–Kier alpha value is -1.02. The number of rotatable bonds is 1. The normalized spacial score (nSPS) is 34.2. The van der Waals surface area contributed by atoms with Gasteiger partial charge in [0.2, 0.25) is 0 Å². The Bertz CT molecular complexity index is 376. The molecule has 16 heavy (non-hydrogen) atoms. The molecular weight excluding hydrogens is 198 g/mol. The van der Waals surface area contributed by atoms with Crippen LogP contribution in [0.2, 0.25) is 0 Å². The van der Waals surface area contributed by atoms with Gasteiger partial charge < -0.3 is 10.0 Å². The molecule has 1 aromatic rings. The quantitative estimate of drug-likeness (QED) is 0.782. The zero-order valence-electron chi connectivity index (χ0n) is 9.76. The minimum Gasteiger partial charge on any atom is -0.508 e. The van der Waals surface area contributed by atoms with Gasteiger partial charge in [0.25, 0.3) is 0 Å². The van der Waals surface area contributed by atoms with Crippen molar-refractivity contribution in [1.29, 1.82) is 0 Å². The number of aromatic hydroxyl groups is 1. The maximum Gasteiger partial charge on any atom is 0.115 e. The van der Waals surface area contributed by atoms with Gasteiger partial charge in [-0.05, 0) is 56.3 Å². The molecule has 2 aliphatic rings. The number of hydrogen-bond donors (Lipinski definition) is 1. The Labute approximate surface area is 96.9 Å². The zero-order valence-corrected chi connectivity index (χ0v) is 9.76. The number of piperidine rings is 1. The highest BCUT2D eigenvalue weighted by molar-refractivity contribution is 5.30. The number of phenols is 1. The predicted octanol–water partition coefficient (Wildman–Crippen LogP) is 2.73. The summed E-state index contributed by atoms with van der Waals surface area (Å²) in [7, 11) is 2.26. The third-order valence-corrected chi connectivity index (χ3v) is 4.44. The van der Waals surface area contributed by atoms with Crippen LogP contribution in [0.15, 0.2) is 24.3 Å². The van der Waals surface area contributed by atoms with Crippen LogP contribution in [0, 0.1) is 0 Å². The molecule has 86 valence electrons. The topological polar surface area (TPSA) is 23.5 Å². The molecule has 0 radical (unpaired) electrons. The van der Waals surface area contributed by atoms with Gasteiger partial charge in [0.1, 0.15) is 5.75 Å². The van der Waals surface area contributed by atoms with Gasteiger partial charge in [0, 0.05) is 12.1 Å². The van der Waals surface area contributed by atoms with Crippen molar-refractivity contribution in [2.24, 2.45) is 0 Å². The van der Waals surface area contributed by atoms with Crippen LogP contribution in [0.3, 0.4) is 0 Å². The van der Waals surface area contributed by atoms with Crippen molar-refractivity contribution in [3.63, 3.8) is 0 Å². The zero-order chi connectivity index (χ0) is 11.1. The first-order valence-electron chi connectivity index (χ1n) is 6.25. The molecule has 2 aliphatic heterocycles. The first-order valence-corrected chi connectivity index (χ1v) is 6.25. The van der Waals surface area contributed by atoms with Crippen LogP contribution in [0.25, 0.3) is 0 Å². The molecule has 0 saturated carbocycles. The van der Waals surface area contributed by atoms with Crippen molar-refractivity contribution in [2.75, 3.05) is 7.05 Å². The average molecular weight is 217 g/mol. The Morgan fingerprint density at radius 1 is 1.19 bits per heavy atom. The summed E-state index contributed by atoms with van der Waals surface area (Å²) in [4.78, 5) is 2.55. The molecule has 2 unspecified atom stereocenters. The Morgan fingerprint density at radius 2 is 1.88 bits per heavy atom. The van der Waals surface area contributed by atoms with Gasteiger partial charge in [-0.25, -0.2) is 0 Å². The Morgan fingerprint density at radius 3 is 2.50 bits per heavy atom. The van der Waals surface area contributed by atoms with Crippen molar-refractivity contribution >= 4 is 0 Å². The second kappa shape index (κ2) is 3.77. The molecule has 0 amide bonds. The molecule has 3 rings (SSSR count). The van der Waals surface area contributed by atoms with E-state index in [2.05, 4.69) is 18.0 Å². The number of phenolic OH excluding ortho intramolecular Hbond substituents is 1. The van der Waals surface area contributed by atoms with Crippen molar-refractivity contribution in [3.05, 3.63) is 29.8 Å². The van der Waals surface area contributed by atoms with E-state index >= 15 is 0 Å². The maximum absolute atomic E-state index is 9.53. The maximum atomic E-state index is 9.53. The van der Waals surface area contributed by atoms with E-state index in [-0.39, 0.29) is 0 Å². The fourth-order valence-electron chi connectivity index (χ4n) is 3.46. The number of fused-ring (bicyclic) bond motifs is 2. The van der Waals surface area contributed by atoms with Gasteiger partial charge in [-0.2, -0.15) is 0 Å². The molecule has 2 heterocycles. The highest BCUT2D eigenvalue weighted by Crippen LogP contribution is 2.42. The molecule has 0 aliphatic carbocycles. The lowest BCUT2D eigenvalue weighted by Gasteiger charge is -2.36. The second-order valence-electron chi connectivity index (χ2n) is 5.31. The molecule has 1 N–H and O–H groups in total. The van der Waals surface area contributed by atoms with E-state index in [9.17, 15) is 5.11 Å². The SMILES string of the molecule is CN1C2CCC1CC(c1cccc(O)c1)C2. The van der Waals surface area contributed by atoms with Crippen LogP contribution >= 0.6 is 0 Å². The summed E-state index contributed by atoms with van der Waals surface area (Å²) in [6.07, 6.45) is 5.24. The Balaban J connectivity index is 1.83. The van der Waals surface area contributed by atoms with Crippen LogP contribution in [0.4, 0.5) is 0 Å². The van der Waals surface area contributed by atoms with Gasteiger partial charge in [-0.3, -0.25) is 0 Å². The fraction of sp³-hybridized carbons (Fsp3) is 0.571. The number of hydrogen-bond acceptors (Lipinski definition) is 2. The molecule has 1 aromatic carbocycles. The van der Waals surface area contributed by atoms with Crippen LogP contribution < -0.4 is 0 Å². The molecule has 2 saturated heterocycles. The third-order valence-electron chi connectivity index (χ3n) is 4.44. The van der Waals surface area contributed by atoms with Crippen LogP contribution in [-0.4, -0.2) is 29.1 Å². The molecule has 2 atom stereocenters. The smallest absolute Gasteiger partial charge is 0.115 e. The van der Waals surface area contributed by atoms with Crippen molar-refractivity contribution in [2.45, 2.75) is 43.7 Å². The van der Waals surface area contributed by atoms with Gasteiger partial charge in [0.15, 0.2) is 0 Å². The van der Waals surface area contributed by atoms with E-state index in [1.807, 2.05) is 12.1 Å². The first kappa shape index (κ1) is 10.2. The molecule has 2 bridgehead atoms. The van der Waals surface area contributed by atoms with Gasteiger partial charge >= 0.3 is 0 Å². The largest absolute Gasteiger partial charge is 0.508 e. The number of nitrogens with zero attached hydrogens (tertiary/aromatic N) is 1. The standard InChI is InChI=1S/C14H19NO/c1-15-12-5-6-13(15)8-11(7-12)10-3-2-4-14(16)9-10/h2-4,9,11-13,16H,5-8H2,1H3. The third kappa shape index (κ3) is 1.61. The minimum absolute atomic E-state index is 0.406.